The molecule has 3 aromatic rings. The molecule has 2 aliphatic rings. The van der Waals surface area contributed by atoms with E-state index in [2.05, 4.69) is 44.3 Å². The zero-order chi connectivity index (χ0) is 22.1. The standard InChI is InChI=1S/C25H30N6O/c1-18-15-21(29-14-10-22(17-29)30-12-3-5-19(30)2)7-8-23(18)28-25(32)20-6-9-24(26-16-20)31-13-4-11-27-31/h4,6-9,11,13,15-16,19,22H,3,5,10,12,14,17H2,1-2H3,(H,28,32). The van der Waals surface area contributed by atoms with Crippen LogP contribution in [0.25, 0.3) is 5.82 Å². The van der Waals surface area contributed by atoms with Gasteiger partial charge in [-0.3, -0.25) is 9.69 Å². The zero-order valence-corrected chi connectivity index (χ0v) is 18.7. The minimum absolute atomic E-state index is 0.162. The van der Waals surface area contributed by atoms with Crippen LogP contribution in [0.1, 0.15) is 42.1 Å². The number of aromatic nitrogens is 3. The van der Waals surface area contributed by atoms with Crippen molar-refractivity contribution in [3.63, 3.8) is 0 Å². The first-order chi connectivity index (χ1) is 15.6. The smallest absolute Gasteiger partial charge is 0.257 e. The summed E-state index contributed by atoms with van der Waals surface area (Å²) in [5, 5.41) is 7.19. The molecule has 2 aliphatic heterocycles. The Labute approximate surface area is 189 Å². The van der Waals surface area contributed by atoms with Crippen LogP contribution in [-0.4, -0.2) is 57.3 Å². The first-order valence-corrected chi connectivity index (χ1v) is 11.5. The SMILES string of the molecule is Cc1cc(N2CCC(N3CCCC3C)C2)ccc1NC(=O)c1ccc(-n2cccn2)nc1. The molecule has 7 nitrogen and oxygen atoms in total. The number of carbonyl (C=O) groups is 1. The van der Waals surface area contributed by atoms with Gasteiger partial charge >= 0.3 is 0 Å². The first-order valence-electron chi connectivity index (χ1n) is 11.5. The molecule has 2 aromatic heterocycles. The van der Waals surface area contributed by atoms with Gasteiger partial charge in [-0.05, 0) is 81.6 Å². The van der Waals surface area contributed by atoms with E-state index in [1.165, 1.54) is 31.5 Å². The molecule has 32 heavy (non-hydrogen) atoms. The van der Waals surface area contributed by atoms with Crippen molar-refractivity contribution in [2.24, 2.45) is 0 Å². The molecule has 4 heterocycles. The van der Waals surface area contributed by atoms with E-state index < -0.39 is 0 Å². The summed E-state index contributed by atoms with van der Waals surface area (Å²) in [6.45, 7) is 7.82. The van der Waals surface area contributed by atoms with Crippen molar-refractivity contribution in [3.05, 3.63) is 66.1 Å². The zero-order valence-electron chi connectivity index (χ0n) is 18.7. The summed E-state index contributed by atoms with van der Waals surface area (Å²) < 4.78 is 1.66. The number of hydrogen-bond donors (Lipinski definition) is 1. The van der Waals surface area contributed by atoms with Crippen LogP contribution in [0.3, 0.4) is 0 Å². The number of hydrogen-bond acceptors (Lipinski definition) is 5. The highest BCUT2D eigenvalue weighted by Crippen LogP contribution is 2.30. The van der Waals surface area contributed by atoms with Gasteiger partial charge in [0.05, 0.1) is 5.56 Å². The molecule has 2 saturated heterocycles. The summed E-state index contributed by atoms with van der Waals surface area (Å²) in [7, 11) is 0. The van der Waals surface area contributed by atoms with E-state index in [9.17, 15) is 4.79 Å². The minimum atomic E-state index is -0.162. The van der Waals surface area contributed by atoms with E-state index in [1.807, 2.05) is 25.3 Å². The van der Waals surface area contributed by atoms with Gasteiger partial charge in [0.25, 0.3) is 5.91 Å². The van der Waals surface area contributed by atoms with E-state index in [0.717, 1.165) is 24.3 Å². The van der Waals surface area contributed by atoms with E-state index in [1.54, 1.807) is 29.2 Å². The highest BCUT2D eigenvalue weighted by molar-refractivity contribution is 6.04. The van der Waals surface area contributed by atoms with Gasteiger partial charge < -0.3 is 10.2 Å². The monoisotopic (exact) mass is 430 g/mol. The Bertz CT molecular complexity index is 1080. The molecule has 2 unspecified atom stereocenters. The topological polar surface area (TPSA) is 66.3 Å². The van der Waals surface area contributed by atoms with Crippen LogP contribution < -0.4 is 10.2 Å². The second-order valence-electron chi connectivity index (χ2n) is 8.93. The second kappa shape index (κ2) is 8.74. The van der Waals surface area contributed by atoms with Crippen LogP contribution in [-0.2, 0) is 0 Å². The summed E-state index contributed by atoms with van der Waals surface area (Å²) in [5.74, 6) is 0.518. The van der Waals surface area contributed by atoms with Gasteiger partial charge in [-0.1, -0.05) is 0 Å². The summed E-state index contributed by atoms with van der Waals surface area (Å²) in [6, 6.07) is 13.1. The lowest BCUT2D eigenvalue weighted by Crippen LogP contribution is -2.39. The Morgan fingerprint density at radius 3 is 2.75 bits per heavy atom. The van der Waals surface area contributed by atoms with Gasteiger partial charge in [0.1, 0.15) is 0 Å². The molecule has 7 heteroatoms. The Hall–Kier alpha value is -3.19. The largest absolute Gasteiger partial charge is 0.370 e. The summed E-state index contributed by atoms with van der Waals surface area (Å²) in [5.41, 5.74) is 3.65. The molecular weight excluding hydrogens is 400 g/mol. The van der Waals surface area contributed by atoms with E-state index in [4.69, 9.17) is 0 Å². The maximum absolute atomic E-state index is 12.7. The molecule has 166 valence electrons. The van der Waals surface area contributed by atoms with Crippen molar-refractivity contribution >= 4 is 17.3 Å². The number of aryl methyl sites for hydroxylation is 1. The van der Waals surface area contributed by atoms with Crippen molar-refractivity contribution in [2.75, 3.05) is 29.9 Å². The Morgan fingerprint density at radius 2 is 2.06 bits per heavy atom. The van der Waals surface area contributed by atoms with Crippen LogP contribution in [0, 0.1) is 6.92 Å². The fraction of sp³-hybridized carbons (Fsp3) is 0.400. The Morgan fingerprint density at radius 1 is 1.16 bits per heavy atom. The van der Waals surface area contributed by atoms with Crippen molar-refractivity contribution in [1.29, 1.82) is 0 Å². The van der Waals surface area contributed by atoms with E-state index in [-0.39, 0.29) is 5.91 Å². The van der Waals surface area contributed by atoms with Crippen LogP contribution in [0.15, 0.2) is 55.0 Å². The molecule has 0 bridgehead atoms. The molecule has 5 rings (SSSR count). The third kappa shape index (κ3) is 4.12. The molecule has 1 amide bonds. The Balaban J connectivity index is 1.23. The molecule has 0 saturated carbocycles. The normalized spacial score (nSPS) is 21.2. The average molecular weight is 431 g/mol. The molecule has 0 radical (unpaired) electrons. The van der Waals surface area contributed by atoms with Crippen molar-refractivity contribution in [3.8, 4) is 5.82 Å². The third-order valence-corrected chi connectivity index (χ3v) is 6.81. The summed E-state index contributed by atoms with van der Waals surface area (Å²) in [6.07, 6.45) is 8.98. The van der Waals surface area contributed by atoms with Crippen LogP contribution in [0.5, 0.6) is 0 Å². The lowest BCUT2D eigenvalue weighted by atomic mass is 10.1. The molecule has 1 aromatic carbocycles. The number of nitrogens with one attached hydrogen (secondary N) is 1. The van der Waals surface area contributed by atoms with Gasteiger partial charge in [0.2, 0.25) is 0 Å². The number of amides is 1. The lowest BCUT2D eigenvalue weighted by molar-refractivity contribution is 0.102. The maximum atomic E-state index is 12.7. The highest BCUT2D eigenvalue weighted by Gasteiger charge is 2.33. The molecular formula is C25H30N6O. The third-order valence-electron chi connectivity index (χ3n) is 6.81. The van der Waals surface area contributed by atoms with E-state index >= 15 is 0 Å². The van der Waals surface area contributed by atoms with E-state index in [0.29, 0.717) is 23.5 Å². The molecule has 2 atom stereocenters. The summed E-state index contributed by atoms with van der Waals surface area (Å²) >= 11 is 0. The predicted octanol–water partition coefficient (Wildman–Crippen LogP) is 3.89. The van der Waals surface area contributed by atoms with Gasteiger partial charge in [-0.15, -0.1) is 0 Å². The van der Waals surface area contributed by atoms with Crippen molar-refractivity contribution in [1.82, 2.24) is 19.7 Å². The molecule has 0 aliphatic carbocycles. The quantitative estimate of drug-likeness (QED) is 0.665. The maximum Gasteiger partial charge on any atom is 0.257 e. The number of carbonyl (C=O) groups excluding carboxylic acids is 1. The highest BCUT2D eigenvalue weighted by atomic mass is 16.1. The predicted molar refractivity (Wildman–Crippen MR) is 127 cm³/mol. The summed E-state index contributed by atoms with van der Waals surface area (Å²) in [4.78, 5) is 22.2. The first kappa shape index (κ1) is 20.7. The fourth-order valence-electron chi connectivity index (χ4n) is 4.98. The number of pyridine rings is 1. The number of nitrogens with zero attached hydrogens (tertiary/aromatic N) is 5. The Kier molecular flexibility index (Phi) is 5.66. The molecule has 0 spiro atoms. The van der Waals surface area contributed by atoms with Crippen LogP contribution in [0.4, 0.5) is 11.4 Å². The average Bonchev–Trinajstić information content (AvgIpc) is 3.57. The number of rotatable bonds is 5. The number of likely N-dealkylation sites (tertiary alicyclic amines) is 1. The number of benzene rings is 1. The van der Waals surface area contributed by atoms with Gasteiger partial charge in [-0.2, -0.15) is 5.10 Å². The van der Waals surface area contributed by atoms with Gasteiger partial charge in [-0.25, -0.2) is 9.67 Å². The fourth-order valence-corrected chi connectivity index (χ4v) is 4.98. The van der Waals surface area contributed by atoms with Crippen LogP contribution >= 0.6 is 0 Å². The van der Waals surface area contributed by atoms with Crippen molar-refractivity contribution in [2.45, 2.75) is 45.2 Å². The molecule has 2 fully saturated rings. The lowest BCUT2D eigenvalue weighted by Gasteiger charge is -2.28. The van der Waals surface area contributed by atoms with Gasteiger partial charge in [0, 0.05) is 55.1 Å². The minimum Gasteiger partial charge on any atom is -0.370 e. The van der Waals surface area contributed by atoms with Crippen LogP contribution in [0.2, 0.25) is 0 Å². The van der Waals surface area contributed by atoms with Crippen molar-refractivity contribution < 1.29 is 4.79 Å². The second-order valence-corrected chi connectivity index (χ2v) is 8.93. The molecule has 1 N–H and O–H groups in total. The number of anilines is 2. The van der Waals surface area contributed by atoms with Gasteiger partial charge in [0.15, 0.2) is 5.82 Å².